The molecule has 4 nitrogen and oxygen atoms in total. The molecule has 0 saturated heterocycles. The number of allylic oxidation sites excluding steroid dienone is 1. The molecule has 130 valence electrons. The first-order valence-electron chi connectivity index (χ1n) is 8.45. The Balaban J connectivity index is 1.96. The van der Waals surface area contributed by atoms with E-state index in [2.05, 4.69) is 46.9 Å². The van der Waals surface area contributed by atoms with Crippen LogP contribution in [-0.2, 0) is 4.79 Å². The lowest BCUT2D eigenvalue weighted by atomic mass is 9.94. The number of aliphatic carboxylic acids is 1. The predicted octanol–water partition coefficient (Wildman–Crippen LogP) is 4.95. The molecule has 25 heavy (non-hydrogen) atoms. The summed E-state index contributed by atoms with van der Waals surface area (Å²) < 4.78 is 0. The molecule has 1 aromatic carbocycles. The number of nitrogens with one attached hydrogen (secondary N) is 1. The Morgan fingerprint density at radius 1 is 1.28 bits per heavy atom. The van der Waals surface area contributed by atoms with Crippen molar-refractivity contribution >= 4 is 29.0 Å². The highest BCUT2D eigenvalue weighted by atomic mass is 32.2. The number of unbranched alkanes of at least 4 members (excludes halogenated alkanes) is 2. The number of carboxylic acid groups (broad SMARTS) is 1. The topological polar surface area (TPSA) is 62.2 Å². The summed E-state index contributed by atoms with van der Waals surface area (Å²) in [7, 11) is 0. The van der Waals surface area contributed by atoms with Gasteiger partial charge < -0.3 is 10.4 Å². The molecule has 0 aliphatic carbocycles. The Labute approximate surface area is 152 Å². The maximum Gasteiger partial charge on any atom is 0.303 e. The highest BCUT2D eigenvalue weighted by molar-refractivity contribution is 7.98. The quantitative estimate of drug-likeness (QED) is 0.719. The lowest BCUT2D eigenvalue weighted by Crippen LogP contribution is -2.06. The van der Waals surface area contributed by atoms with E-state index in [-0.39, 0.29) is 11.8 Å². The summed E-state index contributed by atoms with van der Waals surface area (Å²) in [4.78, 5) is 15.0. The zero-order valence-corrected chi connectivity index (χ0v) is 15.1. The van der Waals surface area contributed by atoms with Gasteiger partial charge in [-0.1, -0.05) is 24.3 Å². The molecule has 1 atom stereocenters. The van der Waals surface area contributed by atoms with E-state index in [4.69, 9.17) is 5.11 Å². The number of benzene rings is 1. The van der Waals surface area contributed by atoms with Gasteiger partial charge in [0.15, 0.2) is 0 Å². The molecule has 5 heteroatoms. The summed E-state index contributed by atoms with van der Waals surface area (Å²) >= 11 is 1.76. The molecular formula is C20H22N2O2S. The number of aromatic nitrogens is 1. The van der Waals surface area contributed by atoms with E-state index in [1.54, 1.807) is 11.8 Å². The minimum absolute atomic E-state index is 0.155. The van der Waals surface area contributed by atoms with Gasteiger partial charge in [-0.15, -0.1) is 11.8 Å². The molecule has 2 N–H and O–H groups in total. The van der Waals surface area contributed by atoms with Gasteiger partial charge in [0.2, 0.25) is 0 Å². The fourth-order valence-corrected chi connectivity index (χ4v) is 3.83. The second-order valence-electron chi connectivity index (χ2n) is 6.03. The molecule has 1 aromatic heterocycles. The number of hydrogen-bond acceptors (Lipinski definition) is 4. The first-order valence-corrected chi connectivity index (χ1v) is 9.74. The lowest BCUT2D eigenvalue weighted by Gasteiger charge is -2.17. The largest absolute Gasteiger partial charge is 0.481 e. The first-order chi connectivity index (χ1) is 12.2. The highest BCUT2D eigenvalue weighted by Gasteiger charge is 2.23. The number of para-hydroxylation sites is 1. The van der Waals surface area contributed by atoms with E-state index >= 15 is 0 Å². The number of nitrogens with zero attached hydrogens (tertiary/aromatic N) is 1. The minimum Gasteiger partial charge on any atom is -0.481 e. The summed E-state index contributed by atoms with van der Waals surface area (Å²) in [6, 6.07) is 10.4. The Hall–Kier alpha value is -2.27. The molecule has 1 aliphatic heterocycles. The van der Waals surface area contributed by atoms with Gasteiger partial charge in [0.1, 0.15) is 0 Å². The second kappa shape index (κ2) is 8.21. The molecule has 2 heterocycles. The van der Waals surface area contributed by atoms with Gasteiger partial charge >= 0.3 is 5.97 Å². The summed E-state index contributed by atoms with van der Waals surface area (Å²) in [6.07, 6.45) is 10.8. The van der Waals surface area contributed by atoms with E-state index in [1.807, 2.05) is 18.5 Å². The standard InChI is InChI=1S/C20H22N2O2S/c1-25-20-17-13-21-12-11-15(17)14(7-3-2-4-10-19(23)24)16-8-5-6-9-18(16)22-20/h5-9,11-13,20,22H,2-4,10H2,1H3,(H,23,24)/b14-7+. The molecule has 0 saturated carbocycles. The maximum absolute atomic E-state index is 10.7. The van der Waals surface area contributed by atoms with Crippen LogP contribution >= 0.6 is 11.8 Å². The van der Waals surface area contributed by atoms with Crippen molar-refractivity contribution in [3.05, 3.63) is 65.5 Å². The lowest BCUT2D eigenvalue weighted by molar-refractivity contribution is -0.137. The molecule has 0 amide bonds. The number of rotatable bonds is 6. The molecule has 1 unspecified atom stereocenters. The Morgan fingerprint density at radius 2 is 2.12 bits per heavy atom. The van der Waals surface area contributed by atoms with Crippen LogP contribution in [0.3, 0.4) is 0 Å². The van der Waals surface area contributed by atoms with Gasteiger partial charge in [0, 0.05) is 35.6 Å². The second-order valence-corrected chi connectivity index (χ2v) is 6.97. The SMILES string of the molecule is CSC1Nc2ccccc2/C(=C/CCCCC(=O)O)c2ccncc21. The Bertz CT molecular complexity index is 789. The van der Waals surface area contributed by atoms with Crippen molar-refractivity contribution in [1.29, 1.82) is 0 Å². The number of pyridine rings is 1. The normalized spacial score (nSPS) is 17.3. The number of carboxylic acids is 1. The van der Waals surface area contributed by atoms with Crippen LogP contribution < -0.4 is 5.32 Å². The Kier molecular flexibility index (Phi) is 5.76. The molecule has 3 rings (SSSR count). The number of carbonyl (C=O) groups is 1. The summed E-state index contributed by atoms with van der Waals surface area (Å²) in [5.41, 5.74) is 5.89. The van der Waals surface area contributed by atoms with Crippen molar-refractivity contribution in [2.45, 2.75) is 31.1 Å². The fraction of sp³-hybridized carbons (Fsp3) is 0.300. The molecular weight excluding hydrogens is 332 g/mol. The molecule has 0 bridgehead atoms. The summed E-state index contributed by atoms with van der Waals surface area (Å²) in [5, 5.41) is 12.6. The van der Waals surface area contributed by atoms with Crippen LogP contribution in [-0.4, -0.2) is 22.3 Å². The third-order valence-electron chi connectivity index (χ3n) is 4.36. The van der Waals surface area contributed by atoms with Crippen LogP contribution in [0.1, 0.15) is 47.7 Å². The number of fused-ring (bicyclic) bond motifs is 2. The van der Waals surface area contributed by atoms with E-state index in [1.165, 1.54) is 22.3 Å². The first kappa shape index (κ1) is 17.5. The average Bonchev–Trinajstić information content (AvgIpc) is 2.76. The van der Waals surface area contributed by atoms with Crippen molar-refractivity contribution in [3.8, 4) is 0 Å². The van der Waals surface area contributed by atoms with Crippen LogP contribution in [0.15, 0.2) is 48.8 Å². The van der Waals surface area contributed by atoms with Crippen LogP contribution in [0.25, 0.3) is 5.57 Å². The van der Waals surface area contributed by atoms with Crippen molar-refractivity contribution in [2.24, 2.45) is 0 Å². The predicted molar refractivity (Wildman–Crippen MR) is 104 cm³/mol. The smallest absolute Gasteiger partial charge is 0.303 e. The van der Waals surface area contributed by atoms with Crippen molar-refractivity contribution in [3.63, 3.8) is 0 Å². The summed E-state index contributed by atoms with van der Waals surface area (Å²) in [6.45, 7) is 0. The zero-order chi connectivity index (χ0) is 17.6. The number of hydrogen-bond donors (Lipinski definition) is 2. The van der Waals surface area contributed by atoms with Crippen molar-refractivity contribution in [2.75, 3.05) is 11.6 Å². The van der Waals surface area contributed by atoms with Crippen LogP contribution in [0.5, 0.6) is 0 Å². The van der Waals surface area contributed by atoms with Crippen molar-refractivity contribution in [1.82, 2.24) is 4.98 Å². The van der Waals surface area contributed by atoms with Crippen molar-refractivity contribution < 1.29 is 9.90 Å². The third-order valence-corrected chi connectivity index (χ3v) is 5.20. The molecule has 2 aromatic rings. The van der Waals surface area contributed by atoms with Gasteiger partial charge in [-0.2, -0.15) is 0 Å². The zero-order valence-electron chi connectivity index (χ0n) is 14.2. The highest BCUT2D eigenvalue weighted by Crippen LogP contribution is 2.42. The molecule has 0 fully saturated rings. The van der Waals surface area contributed by atoms with Crippen LogP contribution in [0.2, 0.25) is 0 Å². The molecule has 0 spiro atoms. The van der Waals surface area contributed by atoms with Gasteiger partial charge in [-0.25, -0.2) is 0 Å². The van der Waals surface area contributed by atoms with E-state index in [0.29, 0.717) is 6.42 Å². The third kappa shape index (κ3) is 4.04. The van der Waals surface area contributed by atoms with Crippen LogP contribution in [0, 0.1) is 0 Å². The fourth-order valence-electron chi connectivity index (χ4n) is 3.14. The Morgan fingerprint density at radius 3 is 2.92 bits per heavy atom. The van der Waals surface area contributed by atoms with E-state index in [0.717, 1.165) is 18.5 Å². The van der Waals surface area contributed by atoms with Gasteiger partial charge in [0.05, 0.1) is 5.37 Å². The average molecular weight is 354 g/mol. The maximum atomic E-state index is 10.7. The van der Waals surface area contributed by atoms with E-state index < -0.39 is 5.97 Å². The molecule has 1 aliphatic rings. The minimum atomic E-state index is -0.726. The van der Waals surface area contributed by atoms with E-state index in [9.17, 15) is 4.79 Å². The monoisotopic (exact) mass is 354 g/mol. The molecule has 0 radical (unpaired) electrons. The number of thioether (sulfide) groups is 1. The number of anilines is 1. The summed E-state index contributed by atoms with van der Waals surface area (Å²) in [5.74, 6) is -0.726. The van der Waals surface area contributed by atoms with Gasteiger partial charge in [-0.3, -0.25) is 9.78 Å². The van der Waals surface area contributed by atoms with Crippen LogP contribution in [0.4, 0.5) is 5.69 Å². The van der Waals surface area contributed by atoms with Gasteiger partial charge in [0.25, 0.3) is 0 Å². The van der Waals surface area contributed by atoms with Gasteiger partial charge in [-0.05, 0) is 48.8 Å².